The van der Waals surface area contributed by atoms with E-state index in [1.165, 1.54) is 6.92 Å². The third-order valence-corrected chi connectivity index (χ3v) is 4.72. The summed E-state index contributed by atoms with van der Waals surface area (Å²) >= 11 is 0. The van der Waals surface area contributed by atoms with Crippen LogP contribution in [0.3, 0.4) is 0 Å². The van der Waals surface area contributed by atoms with Gasteiger partial charge in [0.2, 0.25) is 17.7 Å². The van der Waals surface area contributed by atoms with Crippen LogP contribution in [0.4, 0.5) is 0 Å². The number of hydrogen-bond acceptors (Lipinski definition) is 6. The van der Waals surface area contributed by atoms with E-state index in [9.17, 15) is 24.3 Å². The second-order valence-corrected chi connectivity index (χ2v) is 9.01. The van der Waals surface area contributed by atoms with Crippen molar-refractivity contribution in [2.24, 2.45) is 34.0 Å². The minimum absolute atomic E-state index is 0.0443. The van der Waals surface area contributed by atoms with Crippen molar-refractivity contribution in [1.29, 1.82) is 0 Å². The van der Waals surface area contributed by atoms with Crippen LogP contribution in [-0.2, 0) is 19.2 Å². The summed E-state index contributed by atoms with van der Waals surface area (Å²) in [5.41, 5.74) is 16.3. The first-order valence-corrected chi connectivity index (χ1v) is 11.2. The zero-order valence-electron chi connectivity index (χ0n) is 20.3. The summed E-state index contributed by atoms with van der Waals surface area (Å²) < 4.78 is 0. The van der Waals surface area contributed by atoms with Crippen LogP contribution in [0.1, 0.15) is 60.3 Å². The Balaban J connectivity index is 4.98. The molecule has 0 rings (SSSR count). The molecule has 190 valence electrons. The normalized spacial score (nSPS) is 14.7. The molecule has 10 N–H and O–H groups in total. The molecule has 0 spiro atoms. The molecule has 0 saturated carbocycles. The SMILES string of the molecule is CC(C)C[C@H](NC(=O)[C@H](CC(C)C)NC(=O)[C@H](C)NC(=O)[C@@H](N)CCCN=C(N)N)C(=O)O. The van der Waals surface area contributed by atoms with Gasteiger partial charge in [-0.25, -0.2) is 4.79 Å². The molecule has 0 unspecified atom stereocenters. The molecule has 0 fully saturated rings. The fourth-order valence-electron chi connectivity index (χ4n) is 3.00. The predicted octanol–water partition coefficient (Wildman–Crippen LogP) is -0.982. The van der Waals surface area contributed by atoms with Crippen molar-refractivity contribution in [2.45, 2.75) is 84.5 Å². The lowest BCUT2D eigenvalue weighted by atomic mass is 10.0. The van der Waals surface area contributed by atoms with E-state index in [2.05, 4.69) is 20.9 Å². The van der Waals surface area contributed by atoms with E-state index in [1.807, 2.05) is 27.7 Å². The van der Waals surface area contributed by atoms with Gasteiger partial charge >= 0.3 is 5.97 Å². The fraction of sp³-hybridized carbons (Fsp3) is 0.762. The first-order valence-electron chi connectivity index (χ1n) is 11.2. The standard InChI is InChI=1S/C21H41N7O5/c1-11(2)9-15(19(31)28-16(20(32)33)10-12(3)4)27-17(29)13(5)26-18(30)14(22)7-6-8-25-21(23)24/h11-16H,6-10,22H2,1-5H3,(H,26,30)(H,27,29)(H,28,31)(H,32,33)(H4,23,24,25)/t13-,14-,15-,16-/m0/s1. The van der Waals surface area contributed by atoms with Gasteiger partial charge in [0.15, 0.2) is 5.96 Å². The molecular formula is C21H41N7O5. The molecule has 0 aromatic rings. The van der Waals surface area contributed by atoms with Crippen LogP contribution in [0.5, 0.6) is 0 Å². The fourth-order valence-corrected chi connectivity index (χ4v) is 3.00. The molecule has 0 aromatic heterocycles. The van der Waals surface area contributed by atoms with Gasteiger partial charge in [-0.1, -0.05) is 27.7 Å². The van der Waals surface area contributed by atoms with Gasteiger partial charge in [0, 0.05) is 6.54 Å². The van der Waals surface area contributed by atoms with Crippen LogP contribution in [0, 0.1) is 11.8 Å². The highest BCUT2D eigenvalue weighted by Crippen LogP contribution is 2.09. The number of rotatable bonds is 15. The van der Waals surface area contributed by atoms with Crippen molar-refractivity contribution in [3.8, 4) is 0 Å². The number of aliphatic carboxylic acids is 1. The third kappa shape index (κ3) is 13.3. The lowest BCUT2D eigenvalue weighted by molar-refractivity contribution is -0.143. The average molecular weight is 472 g/mol. The summed E-state index contributed by atoms with van der Waals surface area (Å²) in [6, 6.07) is -3.80. The second kappa shape index (κ2) is 15.0. The summed E-state index contributed by atoms with van der Waals surface area (Å²) in [4.78, 5) is 52.9. The van der Waals surface area contributed by atoms with Gasteiger partial charge < -0.3 is 38.3 Å². The largest absolute Gasteiger partial charge is 0.480 e. The Morgan fingerprint density at radius 3 is 1.82 bits per heavy atom. The van der Waals surface area contributed by atoms with Crippen LogP contribution in [-0.4, -0.2) is 65.5 Å². The molecule has 0 aromatic carbocycles. The van der Waals surface area contributed by atoms with Crippen LogP contribution < -0.4 is 33.2 Å². The van der Waals surface area contributed by atoms with Crippen molar-refractivity contribution in [3.05, 3.63) is 0 Å². The quantitative estimate of drug-likeness (QED) is 0.0892. The highest BCUT2D eigenvalue weighted by atomic mass is 16.4. The number of carbonyl (C=O) groups excluding carboxylic acids is 3. The molecule has 0 aliphatic carbocycles. The molecule has 4 atom stereocenters. The molecule has 0 radical (unpaired) electrons. The highest BCUT2D eigenvalue weighted by molar-refractivity contribution is 5.93. The van der Waals surface area contributed by atoms with E-state index in [4.69, 9.17) is 17.2 Å². The third-order valence-electron chi connectivity index (χ3n) is 4.72. The topological polar surface area (TPSA) is 215 Å². The monoisotopic (exact) mass is 471 g/mol. The maximum absolute atomic E-state index is 12.7. The maximum Gasteiger partial charge on any atom is 0.326 e. The molecular weight excluding hydrogens is 430 g/mol. The van der Waals surface area contributed by atoms with Crippen molar-refractivity contribution in [2.75, 3.05) is 6.54 Å². The lowest BCUT2D eigenvalue weighted by Crippen LogP contribution is -2.56. The van der Waals surface area contributed by atoms with E-state index >= 15 is 0 Å². The molecule has 33 heavy (non-hydrogen) atoms. The van der Waals surface area contributed by atoms with Gasteiger partial charge in [0.1, 0.15) is 18.1 Å². The van der Waals surface area contributed by atoms with E-state index in [1.54, 1.807) is 0 Å². The first kappa shape index (κ1) is 30.1. The minimum Gasteiger partial charge on any atom is -0.480 e. The Kier molecular flexibility index (Phi) is 13.7. The molecule has 3 amide bonds. The van der Waals surface area contributed by atoms with Crippen LogP contribution >= 0.6 is 0 Å². The maximum atomic E-state index is 12.7. The number of aliphatic imine (C=N–C) groups is 1. The van der Waals surface area contributed by atoms with E-state index in [0.29, 0.717) is 25.8 Å². The molecule has 0 saturated heterocycles. The molecule has 0 aliphatic rings. The molecule has 12 nitrogen and oxygen atoms in total. The Labute approximate surface area is 195 Å². The Morgan fingerprint density at radius 2 is 1.33 bits per heavy atom. The van der Waals surface area contributed by atoms with Gasteiger partial charge in [0.25, 0.3) is 0 Å². The van der Waals surface area contributed by atoms with Gasteiger partial charge in [-0.05, 0) is 44.4 Å². The van der Waals surface area contributed by atoms with Crippen molar-refractivity contribution in [3.63, 3.8) is 0 Å². The van der Waals surface area contributed by atoms with E-state index in [0.717, 1.165) is 0 Å². The molecule has 0 heterocycles. The lowest BCUT2D eigenvalue weighted by Gasteiger charge is -2.25. The summed E-state index contributed by atoms with van der Waals surface area (Å²) in [6.07, 6.45) is 1.38. The van der Waals surface area contributed by atoms with Crippen LogP contribution in [0.25, 0.3) is 0 Å². The number of guanidine groups is 1. The number of amides is 3. The number of nitrogens with two attached hydrogens (primary N) is 3. The van der Waals surface area contributed by atoms with Gasteiger partial charge in [-0.2, -0.15) is 0 Å². The van der Waals surface area contributed by atoms with Crippen LogP contribution in [0.2, 0.25) is 0 Å². The molecule has 0 aliphatic heterocycles. The Morgan fingerprint density at radius 1 is 0.818 bits per heavy atom. The first-order chi connectivity index (χ1) is 15.2. The summed E-state index contributed by atoms with van der Waals surface area (Å²) in [7, 11) is 0. The zero-order valence-corrected chi connectivity index (χ0v) is 20.3. The van der Waals surface area contributed by atoms with Gasteiger partial charge in [0.05, 0.1) is 6.04 Å². The van der Waals surface area contributed by atoms with Crippen molar-refractivity contribution >= 4 is 29.7 Å². The van der Waals surface area contributed by atoms with Crippen molar-refractivity contribution in [1.82, 2.24) is 16.0 Å². The number of carboxylic acids is 1. The summed E-state index contributed by atoms with van der Waals surface area (Å²) in [5.74, 6) is -2.75. The number of carboxylic acid groups (broad SMARTS) is 1. The van der Waals surface area contributed by atoms with E-state index in [-0.39, 0.29) is 24.2 Å². The predicted molar refractivity (Wildman–Crippen MR) is 126 cm³/mol. The van der Waals surface area contributed by atoms with E-state index < -0.39 is 47.9 Å². The second-order valence-electron chi connectivity index (χ2n) is 9.01. The number of nitrogens with one attached hydrogen (secondary N) is 3. The minimum atomic E-state index is -1.14. The smallest absolute Gasteiger partial charge is 0.326 e. The van der Waals surface area contributed by atoms with Gasteiger partial charge in [-0.3, -0.25) is 19.4 Å². The highest BCUT2D eigenvalue weighted by Gasteiger charge is 2.29. The Hall–Kier alpha value is -2.89. The van der Waals surface area contributed by atoms with Crippen LogP contribution in [0.15, 0.2) is 4.99 Å². The summed E-state index contributed by atoms with van der Waals surface area (Å²) in [6.45, 7) is 9.27. The number of hydrogen-bond donors (Lipinski definition) is 7. The molecule has 12 heteroatoms. The molecule has 0 bridgehead atoms. The average Bonchev–Trinajstić information content (AvgIpc) is 2.68. The zero-order chi connectivity index (χ0) is 25.7. The van der Waals surface area contributed by atoms with Gasteiger partial charge in [-0.15, -0.1) is 0 Å². The van der Waals surface area contributed by atoms with Crippen molar-refractivity contribution < 1.29 is 24.3 Å². The Bertz CT molecular complexity index is 692. The summed E-state index contributed by atoms with van der Waals surface area (Å²) in [5, 5.41) is 17.0. The number of carbonyl (C=O) groups is 4. The number of nitrogens with zero attached hydrogens (tertiary/aromatic N) is 1.